The summed E-state index contributed by atoms with van der Waals surface area (Å²) in [4.78, 5) is 37.6. The summed E-state index contributed by atoms with van der Waals surface area (Å²) < 4.78 is 16.7. The number of rotatable bonds is 43. The van der Waals surface area contributed by atoms with Gasteiger partial charge in [0.1, 0.15) is 13.2 Å². The van der Waals surface area contributed by atoms with Crippen molar-refractivity contribution in [3.05, 3.63) is 0 Å². The Kier molecular flexibility index (Phi) is 41.3. The summed E-state index contributed by atoms with van der Waals surface area (Å²) in [5.74, 6) is -0.0106. The summed E-state index contributed by atoms with van der Waals surface area (Å²) in [7, 11) is 0. The van der Waals surface area contributed by atoms with Gasteiger partial charge in [-0.05, 0) is 25.2 Å². The number of hydrogen-bond donors (Lipinski definition) is 0. The normalized spacial score (nSPS) is 12.4. The van der Waals surface area contributed by atoms with Crippen LogP contribution in [0.1, 0.15) is 265 Å². The lowest BCUT2D eigenvalue weighted by Crippen LogP contribution is -2.30. The fourth-order valence-electron chi connectivity index (χ4n) is 7.12. The van der Waals surface area contributed by atoms with Crippen molar-refractivity contribution in [2.24, 2.45) is 5.92 Å². The third-order valence-electron chi connectivity index (χ3n) is 11.2. The second-order valence-corrected chi connectivity index (χ2v) is 16.6. The van der Waals surface area contributed by atoms with Crippen molar-refractivity contribution in [3.8, 4) is 0 Å². The molecule has 0 radical (unpaired) electrons. The zero-order chi connectivity index (χ0) is 39.6. The van der Waals surface area contributed by atoms with Gasteiger partial charge in [0.05, 0.1) is 0 Å². The Morgan fingerprint density at radius 1 is 0.370 bits per heavy atom. The van der Waals surface area contributed by atoms with Crippen molar-refractivity contribution < 1.29 is 28.6 Å². The molecule has 0 bridgehead atoms. The van der Waals surface area contributed by atoms with Crippen LogP contribution in [0.4, 0.5) is 0 Å². The molecule has 2 atom stereocenters. The number of hydrogen-bond acceptors (Lipinski definition) is 6. The van der Waals surface area contributed by atoms with Crippen LogP contribution < -0.4 is 0 Å². The molecule has 0 aliphatic heterocycles. The summed E-state index contributed by atoms with van der Waals surface area (Å²) in [5, 5.41) is 0. The Morgan fingerprint density at radius 2 is 0.648 bits per heavy atom. The highest BCUT2D eigenvalue weighted by Gasteiger charge is 2.19. The molecule has 0 aliphatic rings. The van der Waals surface area contributed by atoms with Gasteiger partial charge >= 0.3 is 17.9 Å². The molecule has 0 rings (SSSR count). The van der Waals surface area contributed by atoms with E-state index in [1.54, 1.807) is 0 Å². The van der Waals surface area contributed by atoms with Crippen LogP contribution in [0, 0.1) is 5.92 Å². The van der Waals surface area contributed by atoms with Crippen molar-refractivity contribution in [3.63, 3.8) is 0 Å². The van der Waals surface area contributed by atoms with E-state index in [1.165, 1.54) is 161 Å². The van der Waals surface area contributed by atoms with Gasteiger partial charge in [0.2, 0.25) is 0 Å². The van der Waals surface area contributed by atoms with Crippen LogP contribution in [0.3, 0.4) is 0 Å². The summed E-state index contributed by atoms with van der Waals surface area (Å²) in [6, 6.07) is 0. The monoisotopic (exact) mass is 765 g/mol. The van der Waals surface area contributed by atoms with E-state index >= 15 is 0 Å². The van der Waals surface area contributed by atoms with Gasteiger partial charge in [0, 0.05) is 19.3 Å². The lowest BCUT2D eigenvalue weighted by atomic mass is 9.99. The highest BCUT2D eigenvalue weighted by molar-refractivity contribution is 5.71. The Balaban J connectivity index is 4.23. The van der Waals surface area contributed by atoms with Crippen LogP contribution in [-0.4, -0.2) is 37.2 Å². The molecule has 0 aromatic heterocycles. The van der Waals surface area contributed by atoms with Crippen molar-refractivity contribution in [2.75, 3.05) is 13.2 Å². The van der Waals surface area contributed by atoms with E-state index < -0.39 is 6.10 Å². The molecule has 0 amide bonds. The molecule has 0 saturated carbocycles. The van der Waals surface area contributed by atoms with Crippen molar-refractivity contribution in [2.45, 2.75) is 271 Å². The molecule has 0 aromatic carbocycles. The first-order chi connectivity index (χ1) is 26.4. The number of carbonyl (C=O) groups is 3. The fourth-order valence-corrected chi connectivity index (χ4v) is 7.12. The molecule has 0 saturated heterocycles. The van der Waals surface area contributed by atoms with Crippen LogP contribution in [0.2, 0.25) is 0 Å². The second kappa shape index (κ2) is 42.6. The van der Waals surface area contributed by atoms with Crippen LogP contribution in [0.5, 0.6) is 0 Å². The maximum absolute atomic E-state index is 12.7. The summed E-state index contributed by atoms with van der Waals surface area (Å²) in [6.45, 7) is 8.97. The number of unbranched alkanes of at least 4 members (excludes halogenated alkanes) is 29. The number of ether oxygens (including phenoxy) is 3. The van der Waals surface area contributed by atoms with E-state index in [9.17, 15) is 14.4 Å². The van der Waals surface area contributed by atoms with E-state index in [4.69, 9.17) is 14.2 Å². The first-order valence-corrected chi connectivity index (χ1v) is 23.9. The lowest BCUT2D eigenvalue weighted by molar-refractivity contribution is -0.167. The van der Waals surface area contributed by atoms with Crippen molar-refractivity contribution >= 4 is 17.9 Å². The molecule has 0 aromatic rings. The molecule has 6 heteroatoms. The zero-order valence-electron chi connectivity index (χ0n) is 36.7. The molecule has 0 heterocycles. The van der Waals surface area contributed by atoms with Crippen LogP contribution >= 0.6 is 0 Å². The van der Waals surface area contributed by atoms with Crippen molar-refractivity contribution in [1.82, 2.24) is 0 Å². The molecule has 0 fully saturated rings. The predicted octanol–water partition coefficient (Wildman–Crippen LogP) is 15.1. The lowest BCUT2D eigenvalue weighted by Gasteiger charge is -2.18. The topological polar surface area (TPSA) is 78.9 Å². The Bertz CT molecular complexity index is 813. The third kappa shape index (κ3) is 40.1. The third-order valence-corrected chi connectivity index (χ3v) is 11.2. The molecule has 1 unspecified atom stereocenters. The quantitative estimate of drug-likeness (QED) is 0.0349. The Morgan fingerprint density at radius 3 is 0.963 bits per heavy atom. The van der Waals surface area contributed by atoms with E-state index in [0.717, 1.165) is 63.7 Å². The minimum Gasteiger partial charge on any atom is -0.462 e. The van der Waals surface area contributed by atoms with E-state index in [1.807, 2.05) is 0 Å². The largest absolute Gasteiger partial charge is 0.462 e. The molecule has 0 spiro atoms. The fraction of sp³-hybridized carbons (Fsp3) is 0.938. The number of carbonyl (C=O) groups excluding carboxylic acids is 3. The molecule has 320 valence electrons. The molecular formula is C48H92O6. The molecule has 54 heavy (non-hydrogen) atoms. The summed E-state index contributed by atoms with van der Waals surface area (Å²) in [5.41, 5.74) is 0. The molecule has 0 aliphatic carbocycles. The van der Waals surface area contributed by atoms with E-state index in [0.29, 0.717) is 19.3 Å². The van der Waals surface area contributed by atoms with Crippen LogP contribution in [0.25, 0.3) is 0 Å². The minimum absolute atomic E-state index is 0.0645. The second-order valence-electron chi connectivity index (χ2n) is 16.6. The maximum atomic E-state index is 12.7. The predicted molar refractivity (Wildman–Crippen MR) is 229 cm³/mol. The van der Waals surface area contributed by atoms with Crippen LogP contribution in [-0.2, 0) is 28.6 Å². The van der Waals surface area contributed by atoms with Crippen molar-refractivity contribution in [1.29, 1.82) is 0 Å². The standard InChI is InChI=1S/C48H92O6/c1-5-8-10-12-14-15-16-17-18-19-20-21-22-23-29-33-37-41-48(51)54-45(42-52-46(49)39-35-31-26-13-11-9-6-2)43-53-47(50)40-36-32-28-25-24-27-30-34-38-44(4)7-3/h44-45H,5-43H2,1-4H3/t44?,45-/m0/s1. The first-order valence-electron chi connectivity index (χ1n) is 23.9. The Hall–Kier alpha value is -1.59. The number of esters is 3. The van der Waals surface area contributed by atoms with Crippen LogP contribution in [0.15, 0.2) is 0 Å². The zero-order valence-corrected chi connectivity index (χ0v) is 36.7. The van der Waals surface area contributed by atoms with Gasteiger partial charge in [-0.1, -0.05) is 227 Å². The van der Waals surface area contributed by atoms with Gasteiger partial charge in [-0.3, -0.25) is 14.4 Å². The minimum atomic E-state index is -0.759. The summed E-state index contributed by atoms with van der Waals surface area (Å²) in [6.07, 6.45) is 42.4. The molecular weight excluding hydrogens is 673 g/mol. The van der Waals surface area contributed by atoms with Gasteiger partial charge in [-0.25, -0.2) is 0 Å². The van der Waals surface area contributed by atoms with E-state index in [2.05, 4.69) is 27.7 Å². The average Bonchev–Trinajstić information content (AvgIpc) is 3.17. The first kappa shape index (κ1) is 52.4. The Labute approximate surface area is 336 Å². The average molecular weight is 765 g/mol. The van der Waals surface area contributed by atoms with Gasteiger partial charge in [0.15, 0.2) is 6.10 Å². The van der Waals surface area contributed by atoms with Gasteiger partial charge in [-0.2, -0.15) is 0 Å². The summed E-state index contributed by atoms with van der Waals surface area (Å²) >= 11 is 0. The SMILES string of the molecule is CCCCCCCCCCCCCCCCCCCC(=O)O[C@@H](COC(=O)CCCCCCCCC)COC(=O)CCCCCCCCCCC(C)CC. The van der Waals surface area contributed by atoms with Gasteiger partial charge in [0.25, 0.3) is 0 Å². The highest BCUT2D eigenvalue weighted by atomic mass is 16.6. The smallest absolute Gasteiger partial charge is 0.306 e. The van der Waals surface area contributed by atoms with Gasteiger partial charge < -0.3 is 14.2 Å². The molecule has 6 nitrogen and oxygen atoms in total. The molecule has 0 N–H and O–H groups in total. The van der Waals surface area contributed by atoms with E-state index in [-0.39, 0.29) is 31.1 Å². The highest BCUT2D eigenvalue weighted by Crippen LogP contribution is 2.17. The maximum Gasteiger partial charge on any atom is 0.306 e. The van der Waals surface area contributed by atoms with Gasteiger partial charge in [-0.15, -0.1) is 0 Å².